The summed E-state index contributed by atoms with van der Waals surface area (Å²) >= 11 is 0. The number of unbranched alkanes of at least 4 members (excludes halogenated alkanes) is 15. The van der Waals surface area contributed by atoms with Crippen molar-refractivity contribution in [1.29, 1.82) is 0 Å². The van der Waals surface area contributed by atoms with Gasteiger partial charge in [-0.1, -0.05) is 172 Å². The third-order valence-electron chi connectivity index (χ3n) is 9.14. The summed E-state index contributed by atoms with van der Waals surface area (Å²) in [6.07, 6.45) is 25.7. The van der Waals surface area contributed by atoms with Gasteiger partial charge in [0.1, 0.15) is 5.75 Å². The summed E-state index contributed by atoms with van der Waals surface area (Å²) in [5.41, 5.74) is 5.58. The van der Waals surface area contributed by atoms with Crippen LogP contribution in [0.4, 0.5) is 0 Å². The number of carbonyl (C=O) groups is 1. The van der Waals surface area contributed by atoms with Crippen molar-refractivity contribution in [3.05, 3.63) is 89.5 Å². The van der Waals surface area contributed by atoms with E-state index in [1.54, 1.807) is 0 Å². The van der Waals surface area contributed by atoms with Crippen LogP contribution in [0.5, 0.6) is 5.75 Å². The van der Waals surface area contributed by atoms with Crippen LogP contribution in [-0.4, -0.2) is 5.97 Å². The molecule has 0 amide bonds. The number of hydrogen-bond acceptors (Lipinski definition) is 2. The molecule has 0 saturated carbocycles. The van der Waals surface area contributed by atoms with Crippen molar-refractivity contribution in [3.63, 3.8) is 0 Å². The smallest absolute Gasteiger partial charge is 0.343 e. The summed E-state index contributed by atoms with van der Waals surface area (Å²) < 4.78 is 5.66. The van der Waals surface area contributed by atoms with Crippen molar-refractivity contribution in [2.24, 2.45) is 5.92 Å². The minimum atomic E-state index is -0.305. The van der Waals surface area contributed by atoms with Crippen LogP contribution in [0.3, 0.4) is 0 Å². The highest BCUT2D eigenvalue weighted by Crippen LogP contribution is 2.24. The van der Waals surface area contributed by atoms with Gasteiger partial charge in [-0.3, -0.25) is 0 Å². The molecule has 3 rings (SSSR count). The maximum atomic E-state index is 12.7. The molecule has 2 nitrogen and oxygen atoms in total. The molecule has 0 N–H and O–H groups in total. The molecule has 1 atom stereocenters. The van der Waals surface area contributed by atoms with E-state index in [1.807, 2.05) is 36.4 Å². The highest BCUT2D eigenvalue weighted by Gasteiger charge is 2.09. The Labute approximate surface area is 270 Å². The lowest BCUT2D eigenvalue weighted by Gasteiger charge is -2.10. The van der Waals surface area contributed by atoms with Gasteiger partial charge in [-0.2, -0.15) is 0 Å². The molecule has 3 aromatic rings. The second kappa shape index (κ2) is 21.8. The fourth-order valence-corrected chi connectivity index (χ4v) is 5.95. The van der Waals surface area contributed by atoms with E-state index in [2.05, 4.69) is 57.2 Å². The van der Waals surface area contributed by atoms with Gasteiger partial charge in [-0.25, -0.2) is 4.79 Å². The zero-order chi connectivity index (χ0) is 31.2. The van der Waals surface area contributed by atoms with E-state index in [9.17, 15) is 4.79 Å². The molecule has 0 aliphatic heterocycles. The van der Waals surface area contributed by atoms with Crippen LogP contribution in [-0.2, 0) is 12.8 Å². The van der Waals surface area contributed by atoms with Crippen LogP contribution in [0, 0.1) is 5.92 Å². The normalized spacial score (nSPS) is 11.9. The number of aryl methyl sites for hydroxylation is 1. The molecule has 0 aliphatic carbocycles. The Morgan fingerprint density at radius 1 is 0.545 bits per heavy atom. The lowest BCUT2D eigenvalue weighted by molar-refractivity contribution is 0.0734. The predicted molar refractivity (Wildman–Crippen MR) is 190 cm³/mol. The zero-order valence-electron chi connectivity index (χ0n) is 28.3. The Balaban J connectivity index is 1.24. The quantitative estimate of drug-likeness (QED) is 0.0618. The lowest BCUT2D eigenvalue weighted by Crippen LogP contribution is -2.08. The fraction of sp³-hybridized carbons (Fsp3) is 0.548. The van der Waals surface area contributed by atoms with E-state index < -0.39 is 0 Å². The first-order chi connectivity index (χ1) is 21.6. The highest BCUT2D eigenvalue weighted by atomic mass is 16.5. The molecular weight excluding hydrogens is 536 g/mol. The van der Waals surface area contributed by atoms with Gasteiger partial charge in [0.2, 0.25) is 0 Å². The third kappa shape index (κ3) is 14.3. The minimum Gasteiger partial charge on any atom is -0.423 e. The van der Waals surface area contributed by atoms with Crippen LogP contribution >= 0.6 is 0 Å². The number of ether oxygens (including phenoxy) is 1. The summed E-state index contributed by atoms with van der Waals surface area (Å²) in [4.78, 5) is 12.7. The van der Waals surface area contributed by atoms with Crippen LogP contribution in [0.1, 0.15) is 151 Å². The first-order valence-corrected chi connectivity index (χ1v) is 18.1. The molecule has 0 aliphatic rings. The molecule has 0 heterocycles. The summed E-state index contributed by atoms with van der Waals surface area (Å²) in [6.45, 7) is 6.83. The fourth-order valence-electron chi connectivity index (χ4n) is 5.95. The number of benzene rings is 3. The van der Waals surface area contributed by atoms with E-state index in [0.717, 1.165) is 18.4 Å². The maximum absolute atomic E-state index is 12.7. The van der Waals surface area contributed by atoms with Crippen molar-refractivity contribution >= 4 is 5.97 Å². The largest absolute Gasteiger partial charge is 0.423 e. The highest BCUT2D eigenvalue weighted by molar-refractivity contribution is 5.91. The predicted octanol–water partition coefficient (Wildman–Crippen LogP) is 13.0. The Morgan fingerprint density at radius 3 is 1.45 bits per heavy atom. The van der Waals surface area contributed by atoms with Crippen LogP contribution in [0.2, 0.25) is 0 Å². The van der Waals surface area contributed by atoms with Gasteiger partial charge < -0.3 is 4.74 Å². The zero-order valence-corrected chi connectivity index (χ0v) is 28.3. The first kappa shape index (κ1) is 35.6. The monoisotopic (exact) mass is 596 g/mol. The van der Waals surface area contributed by atoms with E-state index in [4.69, 9.17) is 4.74 Å². The van der Waals surface area contributed by atoms with Crippen molar-refractivity contribution in [2.45, 2.75) is 143 Å². The van der Waals surface area contributed by atoms with Gasteiger partial charge in [0.15, 0.2) is 0 Å². The number of carbonyl (C=O) groups excluding carboxylic acids is 1. The van der Waals surface area contributed by atoms with Crippen molar-refractivity contribution in [3.8, 4) is 16.9 Å². The van der Waals surface area contributed by atoms with Gasteiger partial charge in [0, 0.05) is 0 Å². The van der Waals surface area contributed by atoms with Crippen LogP contribution < -0.4 is 4.74 Å². The summed E-state index contributed by atoms with van der Waals surface area (Å²) in [5, 5.41) is 0. The third-order valence-corrected chi connectivity index (χ3v) is 9.14. The minimum absolute atomic E-state index is 0.305. The second-order valence-electron chi connectivity index (χ2n) is 13.1. The van der Waals surface area contributed by atoms with E-state index in [-0.39, 0.29) is 5.97 Å². The van der Waals surface area contributed by atoms with E-state index >= 15 is 0 Å². The average molecular weight is 597 g/mol. The van der Waals surface area contributed by atoms with Gasteiger partial charge in [-0.05, 0) is 71.7 Å². The molecule has 0 bridgehead atoms. The summed E-state index contributed by atoms with van der Waals surface area (Å²) in [7, 11) is 0. The molecule has 3 aromatic carbocycles. The number of esters is 1. The van der Waals surface area contributed by atoms with Crippen molar-refractivity contribution in [2.75, 3.05) is 0 Å². The first-order valence-electron chi connectivity index (χ1n) is 18.1. The molecular formula is C42H60O2. The Morgan fingerprint density at radius 2 is 0.977 bits per heavy atom. The van der Waals surface area contributed by atoms with Crippen LogP contribution in [0.25, 0.3) is 11.1 Å². The standard InChI is InChI=1S/C42H60O2/c1-4-6-7-8-9-10-11-12-13-14-15-16-17-18-19-20-21-36-22-28-40(29-23-36)42(43)44-41-32-30-39(31-33-41)38-26-24-37(25-27-38)34-35(3)5-2/h22-33,35H,4-21,34H2,1-3H3. The lowest BCUT2D eigenvalue weighted by atomic mass is 9.97. The second-order valence-corrected chi connectivity index (χ2v) is 13.1. The molecule has 0 fully saturated rings. The summed E-state index contributed by atoms with van der Waals surface area (Å²) in [5.74, 6) is 0.972. The molecule has 1 unspecified atom stereocenters. The average Bonchev–Trinajstić information content (AvgIpc) is 3.05. The Bertz CT molecular complexity index is 1140. The number of rotatable bonds is 23. The SMILES string of the molecule is CCCCCCCCCCCCCCCCCCc1ccc(C(=O)Oc2ccc(-c3ccc(CC(C)CC)cc3)cc2)cc1. The molecule has 44 heavy (non-hydrogen) atoms. The van der Waals surface area contributed by atoms with Gasteiger partial charge in [0.05, 0.1) is 5.56 Å². The van der Waals surface area contributed by atoms with E-state index in [1.165, 1.54) is 126 Å². The van der Waals surface area contributed by atoms with Gasteiger partial charge in [-0.15, -0.1) is 0 Å². The molecule has 0 spiro atoms. The molecule has 0 aromatic heterocycles. The molecule has 0 radical (unpaired) electrons. The number of hydrogen-bond donors (Lipinski definition) is 0. The molecule has 2 heteroatoms. The maximum Gasteiger partial charge on any atom is 0.343 e. The topological polar surface area (TPSA) is 26.3 Å². The van der Waals surface area contributed by atoms with Crippen molar-refractivity contribution in [1.82, 2.24) is 0 Å². The van der Waals surface area contributed by atoms with Crippen molar-refractivity contribution < 1.29 is 9.53 Å². The van der Waals surface area contributed by atoms with Crippen LogP contribution in [0.15, 0.2) is 72.8 Å². The Kier molecular flexibility index (Phi) is 17.6. The van der Waals surface area contributed by atoms with Gasteiger partial charge in [0.25, 0.3) is 0 Å². The molecule has 0 saturated heterocycles. The van der Waals surface area contributed by atoms with Gasteiger partial charge >= 0.3 is 5.97 Å². The summed E-state index contributed by atoms with van der Waals surface area (Å²) in [6, 6.07) is 24.6. The Hall–Kier alpha value is -2.87. The van der Waals surface area contributed by atoms with E-state index in [0.29, 0.717) is 17.2 Å². The molecule has 240 valence electrons.